The van der Waals surface area contributed by atoms with Crippen LogP contribution in [0.15, 0.2) is 18.2 Å². The van der Waals surface area contributed by atoms with E-state index in [1.807, 2.05) is 6.07 Å². The van der Waals surface area contributed by atoms with Gasteiger partial charge in [0.25, 0.3) is 0 Å². The summed E-state index contributed by atoms with van der Waals surface area (Å²) in [5, 5.41) is 11.7. The average Bonchev–Trinajstić information content (AvgIpc) is 2.93. The number of hydrogen-bond donors (Lipinski definition) is 2. The first kappa shape index (κ1) is 15.6. The van der Waals surface area contributed by atoms with E-state index in [9.17, 15) is 0 Å². The van der Waals surface area contributed by atoms with Crippen molar-refractivity contribution in [3.63, 3.8) is 0 Å². The number of piperidine rings is 1. The highest BCUT2D eigenvalue weighted by Gasteiger charge is 2.19. The van der Waals surface area contributed by atoms with Crippen LogP contribution >= 0.6 is 35.6 Å². The summed E-state index contributed by atoms with van der Waals surface area (Å²) < 4.78 is 0. The molecule has 0 saturated carbocycles. The van der Waals surface area contributed by atoms with Crippen LogP contribution in [0.5, 0.6) is 0 Å². The normalized spacial score (nSPS) is 18.6. The van der Waals surface area contributed by atoms with E-state index in [1.165, 1.54) is 6.42 Å². The zero-order valence-electron chi connectivity index (χ0n) is 10.7. The number of aromatic amines is 1. The van der Waals surface area contributed by atoms with Crippen molar-refractivity contribution >= 4 is 35.6 Å². The molecule has 4 nitrogen and oxygen atoms in total. The van der Waals surface area contributed by atoms with Gasteiger partial charge in [0.15, 0.2) is 5.82 Å². The van der Waals surface area contributed by atoms with E-state index in [0.717, 1.165) is 30.9 Å². The first-order chi connectivity index (χ1) is 9.24. The minimum atomic E-state index is 0. The molecule has 1 aromatic carbocycles. The van der Waals surface area contributed by atoms with Crippen molar-refractivity contribution in [3.8, 4) is 11.4 Å². The molecule has 20 heavy (non-hydrogen) atoms. The molecule has 0 bridgehead atoms. The Morgan fingerprint density at radius 2 is 2.05 bits per heavy atom. The Morgan fingerprint density at radius 1 is 1.20 bits per heavy atom. The Morgan fingerprint density at radius 3 is 2.75 bits per heavy atom. The second-order valence-corrected chi connectivity index (χ2v) is 5.53. The molecule has 0 radical (unpaired) electrons. The summed E-state index contributed by atoms with van der Waals surface area (Å²) in [5.41, 5.74) is 0.876. The highest BCUT2D eigenvalue weighted by Crippen LogP contribution is 2.28. The third-order valence-corrected chi connectivity index (χ3v) is 4.10. The van der Waals surface area contributed by atoms with E-state index in [4.69, 9.17) is 23.2 Å². The number of rotatable bonds is 2. The van der Waals surface area contributed by atoms with Crippen LogP contribution in [0.2, 0.25) is 10.0 Å². The van der Waals surface area contributed by atoms with Crippen molar-refractivity contribution in [2.75, 3.05) is 13.1 Å². The van der Waals surface area contributed by atoms with Gasteiger partial charge in [-0.2, -0.15) is 5.10 Å². The third kappa shape index (κ3) is 3.26. The van der Waals surface area contributed by atoms with Crippen LogP contribution < -0.4 is 5.32 Å². The first-order valence-corrected chi connectivity index (χ1v) is 7.08. The summed E-state index contributed by atoms with van der Waals surface area (Å²) in [6.45, 7) is 2.04. The van der Waals surface area contributed by atoms with Crippen LogP contribution in [0.3, 0.4) is 0 Å². The van der Waals surface area contributed by atoms with Gasteiger partial charge in [-0.25, -0.2) is 4.98 Å². The van der Waals surface area contributed by atoms with Crippen LogP contribution in [-0.2, 0) is 0 Å². The largest absolute Gasteiger partial charge is 0.316 e. The summed E-state index contributed by atoms with van der Waals surface area (Å²) in [7, 11) is 0. The highest BCUT2D eigenvalue weighted by molar-refractivity contribution is 6.42. The topological polar surface area (TPSA) is 53.6 Å². The molecule has 1 saturated heterocycles. The van der Waals surface area contributed by atoms with E-state index in [1.54, 1.807) is 12.1 Å². The molecule has 3 rings (SSSR count). The van der Waals surface area contributed by atoms with Crippen molar-refractivity contribution in [1.82, 2.24) is 20.5 Å². The van der Waals surface area contributed by atoms with Crippen LogP contribution in [-0.4, -0.2) is 28.3 Å². The van der Waals surface area contributed by atoms with Crippen LogP contribution in [0.4, 0.5) is 0 Å². The summed E-state index contributed by atoms with van der Waals surface area (Å²) in [5.74, 6) is 2.02. The molecule has 0 spiro atoms. The smallest absolute Gasteiger partial charge is 0.181 e. The van der Waals surface area contributed by atoms with Crippen molar-refractivity contribution in [1.29, 1.82) is 0 Å². The molecule has 2 heterocycles. The molecule has 2 aromatic rings. The van der Waals surface area contributed by atoms with Gasteiger partial charge >= 0.3 is 0 Å². The molecular formula is C13H15Cl3N4. The Balaban J connectivity index is 0.00000147. The third-order valence-electron chi connectivity index (χ3n) is 3.36. The van der Waals surface area contributed by atoms with Crippen molar-refractivity contribution < 1.29 is 0 Å². The molecule has 1 aliphatic rings. The molecule has 1 fully saturated rings. The molecule has 108 valence electrons. The van der Waals surface area contributed by atoms with Crippen LogP contribution in [0.25, 0.3) is 11.4 Å². The lowest BCUT2D eigenvalue weighted by atomic mass is 9.99. The minimum Gasteiger partial charge on any atom is -0.316 e. The molecule has 1 aliphatic heterocycles. The van der Waals surface area contributed by atoms with E-state index in [-0.39, 0.29) is 12.4 Å². The lowest BCUT2D eigenvalue weighted by molar-refractivity contribution is 0.447. The maximum absolute atomic E-state index is 6.01. The lowest BCUT2D eigenvalue weighted by Crippen LogP contribution is -2.28. The van der Waals surface area contributed by atoms with Gasteiger partial charge in [-0.05, 0) is 37.6 Å². The zero-order chi connectivity index (χ0) is 13.2. The molecule has 2 N–H and O–H groups in total. The summed E-state index contributed by atoms with van der Waals surface area (Å²) in [6, 6.07) is 5.42. The standard InChI is InChI=1S/C13H14Cl2N4.ClH/c14-10-4-3-8(6-11(10)15)12-17-13(19-18-12)9-2-1-5-16-7-9;/h3-4,6,9,16H,1-2,5,7H2,(H,17,18,19);1H. The lowest BCUT2D eigenvalue weighted by Gasteiger charge is -2.20. The maximum Gasteiger partial charge on any atom is 0.181 e. The van der Waals surface area contributed by atoms with Gasteiger partial charge in [0, 0.05) is 18.0 Å². The van der Waals surface area contributed by atoms with Crippen LogP contribution in [0.1, 0.15) is 24.6 Å². The van der Waals surface area contributed by atoms with Crippen molar-refractivity contribution in [2.45, 2.75) is 18.8 Å². The number of nitrogens with zero attached hydrogens (tertiary/aromatic N) is 2. The fourth-order valence-electron chi connectivity index (χ4n) is 2.31. The maximum atomic E-state index is 6.01. The summed E-state index contributed by atoms with van der Waals surface area (Å²) in [4.78, 5) is 4.57. The number of H-pyrrole nitrogens is 1. The zero-order valence-corrected chi connectivity index (χ0v) is 13.0. The summed E-state index contributed by atoms with van der Waals surface area (Å²) >= 11 is 11.9. The fraction of sp³-hybridized carbons (Fsp3) is 0.385. The van der Waals surface area contributed by atoms with E-state index < -0.39 is 0 Å². The Labute approximate surface area is 133 Å². The SMILES string of the molecule is Cl.Clc1ccc(-c2n[nH]c(C3CCCNC3)n2)cc1Cl. The van der Waals surface area contributed by atoms with E-state index in [2.05, 4.69) is 20.5 Å². The molecule has 0 amide bonds. The monoisotopic (exact) mass is 332 g/mol. The van der Waals surface area contributed by atoms with Gasteiger partial charge in [0.2, 0.25) is 0 Å². The average molecular weight is 334 g/mol. The molecule has 7 heteroatoms. The first-order valence-electron chi connectivity index (χ1n) is 6.32. The van der Waals surface area contributed by atoms with Gasteiger partial charge in [-0.1, -0.05) is 23.2 Å². The van der Waals surface area contributed by atoms with Gasteiger partial charge < -0.3 is 5.32 Å². The van der Waals surface area contributed by atoms with Crippen molar-refractivity contribution in [3.05, 3.63) is 34.1 Å². The second-order valence-electron chi connectivity index (χ2n) is 4.72. The summed E-state index contributed by atoms with van der Waals surface area (Å²) in [6.07, 6.45) is 2.32. The molecular weight excluding hydrogens is 319 g/mol. The molecule has 1 atom stereocenters. The molecule has 1 aromatic heterocycles. The molecule has 0 aliphatic carbocycles. The van der Waals surface area contributed by atoms with E-state index in [0.29, 0.717) is 21.8 Å². The number of hydrogen-bond acceptors (Lipinski definition) is 3. The van der Waals surface area contributed by atoms with Gasteiger partial charge in [0.1, 0.15) is 5.82 Å². The van der Waals surface area contributed by atoms with Crippen LogP contribution in [0, 0.1) is 0 Å². The van der Waals surface area contributed by atoms with Crippen molar-refractivity contribution in [2.24, 2.45) is 0 Å². The Hall–Kier alpha value is -0.810. The Bertz CT molecular complexity index is 579. The predicted molar refractivity (Wildman–Crippen MR) is 83.9 cm³/mol. The van der Waals surface area contributed by atoms with Gasteiger partial charge in [0.05, 0.1) is 10.0 Å². The quantitative estimate of drug-likeness (QED) is 0.881. The molecule has 1 unspecified atom stereocenters. The fourth-order valence-corrected chi connectivity index (χ4v) is 2.60. The number of nitrogens with one attached hydrogen (secondary N) is 2. The number of halogens is 3. The number of benzene rings is 1. The minimum absolute atomic E-state index is 0. The Kier molecular flexibility index (Phi) is 5.27. The highest BCUT2D eigenvalue weighted by atomic mass is 35.5. The van der Waals surface area contributed by atoms with Gasteiger partial charge in [-0.3, -0.25) is 5.10 Å². The number of aromatic nitrogens is 3. The second kappa shape index (κ2) is 6.76. The van der Waals surface area contributed by atoms with Gasteiger partial charge in [-0.15, -0.1) is 12.4 Å². The predicted octanol–water partition coefficient (Wildman–Crippen LogP) is 3.67. The van der Waals surface area contributed by atoms with E-state index >= 15 is 0 Å².